The van der Waals surface area contributed by atoms with Gasteiger partial charge in [-0.25, -0.2) is 0 Å². The van der Waals surface area contributed by atoms with Crippen molar-refractivity contribution in [2.24, 2.45) is 5.73 Å². The first-order chi connectivity index (χ1) is 15.0. The van der Waals surface area contributed by atoms with Crippen LogP contribution in [0.15, 0.2) is 60.7 Å². The lowest BCUT2D eigenvalue weighted by molar-refractivity contribution is -0.118. The Labute approximate surface area is 180 Å². The smallest absolute Gasteiger partial charge is 0.248 e. The molecule has 0 aromatic heterocycles. The third kappa shape index (κ3) is 3.40. The maximum Gasteiger partial charge on any atom is 0.248 e. The fraction of sp³-hybridized carbons (Fsp3) is 0.200. The number of primary amides is 1. The summed E-state index contributed by atoms with van der Waals surface area (Å²) in [6, 6.07) is 18.7. The summed E-state index contributed by atoms with van der Waals surface area (Å²) in [5, 5.41) is 3.07. The predicted molar refractivity (Wildman–Crippen MR) is 117 cm³/mol. The number of hydrogen-bond donors (Lipinski definition) is 2. The van der Waals surface area contributed by atoms with Crippen LogP contribution in [0, 0.1) is 6.92 Å². The second-order valence-electron chi connectivity index (χ2n) is 8.08. The van der Waals surface area contributed by atoms with E-state index in [9.17, 15) is 9.59 Å². The van der Waals surface area contributed by atoms with Gasteiger partial charge in [-0.05, 0) is 78.4 Å². The first kappa shape index (κ1) is 19.2. The van der Waals surface area contributed by atoms with E-state index < -0.39 is 11.3 Å². The molecule has 3 aromatic rings. The molecule has 6 heteroatoms. The molecule has 3 aromatic carbocycles. The standard InChI is InChI=1S/C25H22N2O4/c1-15-11-19(6-7-20(15)16-3-2-4-17(12-16)23(26)28)27-24(29)25(9-10-25)18-5-8-21-22(13-18)31-14-30-21/h2-8,11-13H,9-10,14H2,1H3,(H2,26,28)(H,27,29). The van der Waals surface area contributed by atoms with Gasteiger partial charge in [-0.15, -0.1) is 0 Å². The van der Waals surface area contributed by atoms with Crippen LogP contribution in [0.2, 0.25) is 0 Å². The molecule has 0 unspecified atom stereocenters. The van der Waals surface area contributed by atoms with Crippen molar-refractivity contribution < 1.29 is 19.1 Å². The first-order valence-electron chi connectivity index (χ1n) is 10.2. The van der Waals surface area contributed by atoms with Crippen molar-refractivity contribution in [1.82, 2.24) is 0 Å². The predicted octanol–water partition coefficient (Wildman–Crippen LogP) is 4.16. The number of nitrogens with one attached hydrogen (secondary N) is 1. The summed E-state index contributed by atoms with van der Waals surface area (Å²) in [7, 11) is 0. The summed E-state index contributed by atoms with van der Waals surface area (Å²) in [4.78, 5) is 24.6. The summed E-state index contributed by atoms with van der Waals surface area (Å²) in [5.74, 6) is 0.928. The number of benzene rings is 3. The molecule has 1 heterocycles. The van der Waals surface area contributed by atoms with E-state index in [1.165, 1.54) is 0 Å². The van der Waals surface area contributed by atoms with E-state index in [2.05, 4.69) is 5.32 Å². The maximum absolute atomic E-state index is 13.1. The molecule has 0 atom stereocenters. The van der Waals surface area contributed by atoms with Crippen molar-refractivity contribution in [2.75, 3.05) is 12.1 Å². The van der Waals surface area contributed by atoms with Crippen LogP contribution in [-0.4, -0.2) is 18.6 Å². The van der Waals surface area contributed by atoms with E-state index in [0.29, 0.717) is 17.1 Å². The molecule has 0 bridgehead atoms. The average Bonchev–Trinajstić information content (AvgIpc) is 3.45. The number of aryl methyl sites for hydroxylation is 1. The highest BCUT2D eigenvalue weighted by Gasteiger charge is 2.51. The van der Waals surface area contributed by atoms with E-state index in [1.807, 2.05) is 55.5 Å². The van der Waals surface area contributed by atoms with Gasteiger partial charge < -0.3 is 20.5 Å². The summed E-state index contributed by atoms with van der Waals surface area (Å²) < 4.78 is 10.8. The zero-order valence-corrected chi connectivity index (χ0v) is 17.1. The Morgan fingerprint density at radius 1 is 0.968 bits per heavy atom. The molecule has 1 saturated carbocycles. The Balaban J connectivity index is 1.37. The molecule has 0 saturated heterocycles. The molecule has 1 aliphatic carbocycles. The molecule has 1 aliphatic heterocycles. The number of nitrogens with two attached hydrogens (primary N) is 1. The lowest BCUT2D eigenvalue weighted by Gasteiger charge is -2.17. The molecule has 156 valence electrons. The number of carbonyl (C=O) groups excluding carboxylic acids is 2. The Kier molecular flexibility index (Phi) is 4.43. The van der Waals surface area contributed by atoms with Gasteiger partial charge in [-0.3, -0.25) is 9.59 Å². The largest absolute Gasteiger partial charge is 0.454 e. The molecule has 3 N–H and O–H groups in total. The number of hydrogen-bond acceptors (Lipinski definition) is 4. The van der Waals surface area contributed by atoms with Crippen molar-refractivity contribution in [3.8, 4) is 22.6 Å². The second-order valence-corrected chi connectivity index (χ2v) is 8.08. The van der Waals surface area contributed by atoms with Crippen LogP contribution in [0.3, 0.4) is 0 Å². The second kappa shape index (κ2) is 7.16. The van der Waals surface area contributed by atoms with Gasteiger partial charge in [0.1, 0.15) is 0 Å². The fourth-order valence-electron chi connectivity index (χ4n) is 4.12. The van der Waals surface area contributed by atoms with Gasteiger partial charge in [0.05, 0.1) is 5.41 Å². The van der Waals surface area contributed by atoms with E-state index in [-0.39, 0.29) is 12.7 Å². The highest BCUT2D eigenvalue weighted by atomic mass is 16.7. The minimum absolute atomic E-state index is 0.0192. The Bertz CT molecular complexity index is 1210. The van der Waals surface area contributed by atoms with Crippen LogP contribution in [0.1, 0.15) is 34.3 Å². The molecule has 5 rings (SSSR count). The summed E-state index contributed by atoms with van der Waals surface area (Å²) >= 11 is 0. The van der Waals surface area contributed by atoms with Crippen LogP contribution >= 0.6 is 0 Å². The van der Waals surface area contributed by atoms with Crippen molar-refractivity contribution in [3.05, 3.63) is 77.4 Å². The molecule has 1 fully saturated rings. The van der Waals surface area contributed by atoms with E-state index in [1.54, 1.807) is 12.1 Å². The van der Waals surface area contributed by atoms with Gasteiger partial charge in [0.15, 0.2) is 11.5 Å². The molecule has 0 radical (unpaired) electrons. The molecule has 2 amide bonds. The lowest BCUT2D eigenvalue weighted by Crippen LogP contribution is -2.27. The van der Waals surface area contributed by atoms with Crippen molar-refractivity contribution in [2.45, 2.75) is 25.2 Å². The minimum Gasteiger partial charge on any atom is -0.454 e. The number of anilines is 1. The number of amides is 2. The van der Waals surface area contributed by atoms with Crippen LogP contribution in [-0.2, 0) is 10.2 Å². The molecule has 2 aliphatic rings. The van der Waals surface area contributed by atoms with Gasteiger partial charge in [0.25, 0.3) is 0 Å². The zero-order chi connectivity index (χ0) is 21.6. The Morgan fingerprint density at radius 2 is 1.77 bits per heavy atom. The van der Waals surface area contributed by atoms with Crippen molar-refractivity contribution in [3.63, 3.8) is 0 Å². The van der Waals surface area contributed by atoms with Crippen molar-refractivity contribution >= 4 is 17.5 Å². The SMILES string of the molecule is Cc1cc(NC(=O)C2(c3ccc4c(c3)OCO4)CC2)ccc1-c1cccc(C(N)=O)c1. The van der Waals surface area contributed by atoms with Crippen LogP contribution in [0.25, 0.3) is 11.1 Å². The Morgan fingerprint density at radius 3 is 2.52 bits per heavy atom. The van der Waals surface area contributed by atoms with Gasteiger partial charge in [0, 0.05) is 11.3 Å². The first-order valence-corrected chi connectivity index (χ1v) is 10.2. The van der Waals surface area contributed by atoms with Crippen LogP contribution < -0.4 is 20.5 Å². The summed E-state index contributed by atoms with van der Waals surface area (Å²) in [6.07, 6.45) is 1.60. The number of carbonyl (C=O) groups is 2. The van der Waals surface area contributed by atoms with Gasteiger partial charge >= 0.3 is 0 Å². The van der Waals surface area contributed by atoms with Gasteiger partial charge in [0.2, 0.25) is 18.6 Å². The maximum atomic E-state index is 13.1. The topological polar surface area (TPSA) is 90.7 Å². The number of fused-ring (bicyclic) bond motifs is 1. The highest BCUT2D eigenvalue weighted by Crippen LogP contribution is 2.51. The third-order valence-electron chi connectivity index (χ3n) is 6.05. The average molecular weight is 414 g/mol. The monoisotopic (exact) mass is 414 g/mol. The molecule has 0 spiro atoms. The van der Waals surface area contributed by atoms with E-state index >= 15 is 0 Å². The molecular weight excluding hydrogens is 392 g/mol. The summed E-state index contributed by atoms with van der Waals surface area (Å²) in [6.45, 7) is 2.19. The number of rotatable bonds is 5. The Hall–Kier alpha value is -3.80. The van der Waals surface area contributed by atoms with Crippen molar-refractivity contribution in [1.29, 1.82) is 0 Å². The number of ether oxygens (including phenoxy) is 2. The van der Waals surface area contributed by atoms with Gasteiger partial charge in [-0.1, -0.05) is 24.3 Å². The molecular formula is C25H22N2O4. The third-order valence-corrected chi connectivity index (χ3v) is 6.05. The highest BCUT2D eigenvalue weighted by molar-refractivity contribution is 6.02. The van der Waals surface area contributed by atoms with Crippen LogP contribution in [0.5, 0.6) is 11.5 Å². The lowest BCUT2D eigenvalue weighted by atomic mass is 9.94. The van der Waals surface area contributed by atoms with E-state index in [0.717, 1.165) is 40.8 Å². The van der Waals surface area contributed by atoms with Gasteiger partial charge in [-0.2, -0.15) is 0 Å². The van der Waals surface area contributed by atoms with E-state index in [4.69, 9.17) is 15.2 Å². The quantitative estimate of drug-likeness (QED) is 0.656. The van der Waals surface area contributed by atoms with Crippen LogP contribution in [0.4, 0.5) is 5.69 Å². The summed E-state index contributed by atoms with van der Waals surface area (Å²) in [5.41, 5.74) is 9.92. The fourth-order valence-corrected chi connectivity index (χ4v) is 4.12. The minimum atomic E-state index is -0.524. The molecule has 31 heavy (non-hydrogen) atoms. The molecule has 6 nitrogen and oxygen atoms in total. The normalized spacial score (nSPS) is 15.4. The zero-order valence-electron chi connectivity index (χ0n) is 17.1.